The third kappa shape index (κ3) is 2.82. The number of halogens is 2. The number of carbonyl (C=O) groups is 1. The summed E-state index contributed by atoms with van der Waals surface area (Å²) in [6.45, 7) is 0. The van der Waals surface area contributed by atoms with E-state index in [-0.39, 0.29) is 29.0 Å². The molecule has 0 radical (unpaired) electrons. The number of aromatic nitrogens is 2. The number of aromatic amines is 1. The van der Waals surface area contributed by atoms with E-state index >= 15 is 4.39 Å². The van der Waals surface area contributed by atoms with E-state index in [0.717, 1.165) is 31.9 Å². The summed E-state index contributed by atoms with van der Waals surface area (Å²) >= 11 is 0. The maximum atomic E-state index is 15.5. The topological polar surface area (TPSA) is 91.2 Å². The lowest BCUT2D eigenvalue weighted by Crippen LogP contribution is -2.51. The lowest BCUT2D eigenvalue weighted by molar-refractivity contribution is -0.148. The number of benzene rings is 1. The van der Waals surface area contributed by atoms with Gasteiger partial charge in [0.05, 0.1) is 29.5 Å². The Morgan fingerprint density at radius 3 is 2.69 bits per heavy atom. The second-order valence-corrected chi connectivity index (χ2v) is 8.91. The van der Waals surface area contributed by atoms with Crippen molar-refractivity contribution in [1.82, 2.24) is 9.97 Å². The summed E-state index contributed by atoms with van der Waals surface area (Å²) in [4.78, 5) is 19.1. The molecule has 3 aliphatic carbocycles. The molecule has 3 aromatic heterocycles. The highest BCUT2D eigenvalue weighted by molar-refractivity contribution is 6.04. The first-order chi connectivity index (χ1) is 15.5. The van der Waals surface area contributed by atoms with Crippen molar-refractivity contribution in [3.05, 3.63) is 48.5 Å². The van der Waals surface area contributed by atoms with E-state index < -0.39 is 23.5 Å². The molecule has 0 amide bonds. The largest absolute Gasteiger partial charge is 0.481 e. The number of pyridine rings is 1. The molecule has 32 heavy (non-hydrogen) atoms. The Morgan fingerprint density at radius 1 is 1.12 bits per heavy atom. The SMILES string of the molecule is O=C(O)[C@@H]1C(Nc2cc(-c3c[nH]c4ncc(F)cc34)c3occc3c2F)[C@H]2CC[C@@H]1CC2. The fourth-order valence-electron chi connectivity index (χ4n) is 5.81. The molecule has 2 bridgehead atoms. The first-order valence-corrected chi connectivity index (χ1v) is 10.8. The Hall–Kier alpha value is -3.42. The minimum Gasteiger partial charge on any atom is -0.481 e. The van der Waals surface area contributed by atoms with Crippen LogP contribution in [-0.2, 0) is 4.79 Å². The van der Waals surface area contributed by atoms with Crippen LogP contribution >= 0.6 is 0 Å². The monoisotopic (exact) mass is 437 g/mol. The van der Waals surface area contributed by atoms with Gasteiger partial charge in [-0.1, -0.05) is 0 Å². The molecule has 3 aliphatic rings. The molecule has 3 fully saturated rings. The maximum Gasteiger partial charge on any atom is 0.308 e. The third-order valence-electron chi connectivity index (χ3n) is 7.29. The number of aliphatic carboxylic acids is 1. The fraction of sp³-hybridized carbons (Fsp3) is 0.333. The summed E-state index contributed by atoms with van der Waals surface area (Å²) in [6.07, 6.45) is 7.94. The molecule has 1 unspecified atom stereocenters. The summed E-state index contributed by atoms with van der Waals surface area (Å²) in [5.41, 5.74) is 2.31. The second kappa shape index (κ2) is 7.05. The van der Waals surface area contributed by atoms with Gasteiger partial charge in [-0.15, -0.1) is 0 Å². The van der Waals surface area contributed by atoms with Crippen LogP contribution in [0.1, 0.15) is 25.7 Å². The summed E-state index contributed by atoms with van der Waals surface area (Å²) in [7, 11) is 0. The molecule has 164 valence electrons. The third-order valence-corrected chi connectivity index (χ3v) is 7.29. The van der Waals surface area contributed by atoms with E-state index in [0.29, 0.717) is 27.7 Å². The van der Waals surface area contributed by atoms with Gasteiger partial charge in [0, 0.05) is 28.8 Å². The Labute approximate surface area is 181 Å². The number of hydrogen-bond donors (Lipinski definition) is 3. The molecule has 2 atom stereocenters. The van der Waals surface area contributed by atoms with Crippen LogP contribution in [0, 0.1) is 29.4 Å². The van der Waals surface area contributed by atoms with Crippen molar-refractivity contribution < 1.29 is 23.1 Å². The van der Waals surface area contributed by atoms with Gasteiger partial charge in [-0.3, -0.25) is 4.79 Å². The van der Waals surface area contributed by atoms with Crippen molar-refractivity contribution in [3.8, 4) is 11.1 Å². The number of nitrogens with one attached hydrogen (secondary N) is 2. The highest BCUT2D eigenvalue weighted by atomic mass is 19.1. The molecular formula is C24H21F2N3O3. The van der Waals surface area contributed by atoms with Gasteiger partial charge in [-0.25, -0.2) is 13.8 Å². The van der Waals surface area contributed by atoms with Crippen molar-refractivity contribution in [2.24, 2.45) is 17.8 Å². The van der Waals surface area contributed by atoms with Crippen LogP contribution in [0.4, 0.5) is 14.5 Å². The number of H-pyrrole nitrogens is 1. The van der Waals surface area contributed by atoms with Gasteiger partial charge in [-0.2, -0.15) is 0 Å². The first-order valence-electron chi connectivity index (χ1n) is 10.8. The van der Waals surface area contributed by atoms with Gasteiger partial charge >= 0.3 is 5.97 Å². The Bertz CT molecular complexity index is 1350. The highest BCUT2D eigenvalue weighted by Crippen LogP contribution is 2.47. The molecule has 1 aromatic carbocycles. The Morgan fingerprint density at radius 2 is 1.91 bits per heavy atom. The summed E-state index contributed by atoms with van der Waals surface area (Å²) in [5.74, 6) is -2.03. The molecule has 3 heterocycles. The second-order valence-electron chi connectivity index (χ2n) is 8.91. The molecule has 3 saturated carbocycles. The van der Waals surface area contributed by atoms with Crippen LogP contribution in [0.15, 0.2) is 41.3 Å². The number of rotatable bonds is 4. The van der Waals surface area contributed by atoms with Gasteiger partial charge in [0.15, 0.2) is 5.82 Å². The van der Waals surface area contributed by atoms with Crippen molar-refractivity contribution in [2.45, 2.75) is 31.7 Å². The van der Waals surface area contributed by atoms with Crippen LogP contribution in [0.25, 0.3) is 33.1 Å². The zero-order valence-electron chi connectivity index (χ0n) is 17.1. The normalized spacial score (nSPS) is 24.9. The van der Waals surface area contributed by atoms with E-state index in [1.807, 2.05) is 0 Å². The van der Waals surface area contributed by atoms with Crippen molar-refractivity contribution >= 4 is 33.7 Å². The highest BCUT2D eigenvalue weighted by Gasteiger charge is 2.47. The predicted molar refractivity (Wildman–Crippen MR) is 115 cm³/mol. The molecule has 3 N–H and O–H groups in total. The Kier molecular flexibility index (Phi) is 4.25. The van der Waals surface area contributed by atoms with Crippen LogP contribution in [-0.4, -0.2) is 27.1 Å². The number of anilines is 1. The zero-order chi connectivity index (χ0) is 22.0. The molecule has 8 heteroatoms. The van der Waals surface area contributed by atoms with Crippen LogP contribution in [0.5, 0.6) is 0 Å². The van der Waals surface area contributed by atoms with Gasteiger partial charge in [0.25, 0.3) is 0 Å². The van der Waals surface area contributed by atoms with E-state index in [9.17, 15) is 14.3 Å². The number of fused-ring (bicyclic) bond motifs is 5. The van der Waals surface area contributed by atoms with E-state index in [4.69, 9.17) is 4.42 Å². The number of carboxylic acid groups (broad SMARTS) is 1. The minimum atomic E-state index is -0.833. The lowest BCUT2D eigenvalue weighted by Gasteiger charge is -2.47. The fourth-order valence-corrected chi connectivity index (χ4v) is 5.81. The first kappa shape index (κ1) is 19.3. The molecule has 0 saturated heterocycles. The molecular weight excluding hydrogens is 416 g/mol. The quantitative estimate of drug-likeness (QED) is 0.389. The average molecular weight is 437 g/mol. The van der Waals surface area contributed by atoms with E-state index in [1.165, 1.54) is 12.3 Å². The Balaban J connectivity index is 1.49. The van der Waals surface area contributed by atoms with E-state index in [2.05, 4.69) is 15.3 Å². The van der Waals surface area contributed by atoms with Crippen molar-refractivity contribution in [3.63, 3.8) is 0 Å². The summed E-state index contributed by atoms with van der Waals surface area (Å²) in [5, 5.41) is 14.0. The standard InChI is InChI=1S/C24H21F2N3O3/c25-13-7-16-17(10-28-23(16)27-9-13)15-8-18(20(26)14-5-6-32-22(14)15)29-21-12-3-1-11(2-4-12)19(21)24(30)31/h5-12,19,21,29H,1-4H2,(H,27,28)(H,30,31)/t11-,12+,19-,21?/m0/s1. The number of furan rings is 1. The summed E-state index contributed by atoms with van der Waals surface area (Å²) in [6, 6.07) is 4.22. The molecule has 7 rings (SSSR count). The number of nitrogens with zero attached hydrogens (tertiary/aromatic N) is 1. The van der Waals surface area contributed by atoms with Gasteiger partial charge in [0.2, 0.25) is 0 Å². The van der Waals surface area contributed by atoms with Crippen molar-refractivity contribution in [2.75, 3.05) is 5.32 Å². The maximum absolute atomic E-state index is 15.5. The van der Waals surface area contributed by atoms with Crippen LogP contribution < -0.4 is 5.32 Å². The average Bonchev–Trinajstić information content (AvgIpc) is 3.44. The summed E-state index contributed by atoms with van der Waals surface area (Å²) < 4.78 is 35.0. The number of carboxylic acids is 1. The van der Waals surface area contributed by atoms with Gasteiger partial charge in [-0.05, 0) is 55.7 Å². The van der Waals surface area contributed by atoms with E-state index in [1.54, 1.807) is 18.3 Å². The molecule has 6 nitrogen and oxygen atoms in total. The van der Waals surface area contributed by atoms with Gasteiger partial charge in [0.1, 0.15) is 17.0 Å². The predicted octanol–water partition coefficient (Wildman–Crippen LogP) is 5.56. The van der Waals surface area contributed by atoms with Gasteiger partial charge < -0.3 is 19.8 Å². The van der Waals surface area contributed by atoms with Crippen LogP contribution in [0.2, 0.25) is 0 Å². The molecule has 0 spiro atoms. The minimum absolute atomic E-state index is 0.109. The zero-order valence-corrected chi connectivity index (χ0v) is 17.1. The van der Waals surface area contributed by atoms with Crippen molar-refractivity contribution in [1.29, 1.82) is 0 Å². The lowest BCUT2D eigenvalue weighted by atomic mass is 9.61. The number of hydrogen-bond acceptors (Lipinski definition) is 4. The molecule has 0 aliphatic heterocycles. The van der Waals surface area contributed by atoms with Crippen LogP contribution in [0.3, 0.4) is 0 Å². The molecule has 4 aromatic rings. The smallest absolute Gasteiger partial charge is 0.308 e.